The standard InChI is InChI=1S/C34H38F3N7O3S/c1-4-27-33(19-25(39-27)31(45)46)12-15-43(16-13-33)28-18-29(41-32(38)40-28)47-30(34(35,36)37)24-10-7-22(21-5-8-23(48-3)9-6-21)17-26(24)44-14-11-20(2)42-44/h5-11,14,17-18,25,27,30,39H,4,12-13,15-16,19H2,1-3H3,(H,45,46)(H2,38,40,41)/t25?,27?,30-/m1/s1. The van der Waals surface area contributed by atoms with Gasteiger partial charge in [-0.1, -0.05) is 31.2 Å². The summed E-state index contributed by atoms with van der Waals surface area (Å²) >= 11 is 1.60. The number of thioether (sulfide) groups is 1. The molecule has 3 atom stereocenters. The lowest BCUT2D eigenvalue weighted by molar-refractivity contribution is -0.198. The van der Waals surface area contributed by atoms with Crippen LogP contribution in [0.3, 0.4) is 0 Å². The monoisotopic (exact) mass is 681 g/mol. The summed E-state index contributed by atoms with van der Waals surface area (Å²) in [5.41, 5.74) is 8.15. The number of carbonyl (C=O) groups is 1. The van der Waals surface area contributed by atoms with Crippen LogP contribution in [0.15, 0.2) is 65.7 Å². The Labute approximate surface area is 280 Å². The molecule has 0 amide bonds. The van der Waals surface area contributed by atoms with Gasteiger partial charge >= 0.3 is 12.1 Å². The van der Waals surface area contributed by atoms with E-state index in [0.717, 1.165) is 22.4 Å². The first-order valence-electron chi connectivity index (χ1n) is 15.8. The SMILES string of the molecule is CCC1NC(C(=O)O)CC12CCN(c1cc(O[C@H](c3ccc(-c4ccc(SC)cc4)cc3-n3ccc(C)n3)C(F)(F)F)nc(N)n1)CC2. The Morgan fingerprint density at radius 2 is 1.83 bits per heavy atom. The number of nitrogen functional groups attached to an aromatic ring is 1. The number of aliphatic carboxylic acids is 1. The largest absolute Gasteiger partial charge is 0.480 e. The molecule has 4 N–H and O–H groups in total. The van der Waals surface area contributed by atoms with Crippen LogP contribution in [0.5, 0.6) is 5.88 Å². The minimum Gasteiger partial charge on any atom is -0.480 e. The lowest BCUT2D eigenvalue weighted by Crippen LogP contribution is -2.46. The van der Waals surface area contributed by atoms with E-state index in [4.69, 9.17) is 10.5 Å². The zero-order chi connectivity index (χ0) is 34.2. The number of alkyl halides is 3. The van der Waals surface area contributed by atoms with E-state index < -0.39 is 24.3 Å². The van der Waals surface area contributed by atoms with Gasteiger partial charge in [0.25, 0.3) is 0 Å². The summed E-state index contributed by atoms with van der Waals surface area (Å²) < 4.78 is 51.8. The summed E-state index contributed by atoms with van der Waals surface area (Å²) in [4.78, 5) is 23.1. The van der Waals surface area contributed by atoms with Gasteiger partial charge in [-0.05, 0) is 79.7 Å². The summed E-state index contributed by atoms with van der Waals surface area (Å²) in [6.07, 6.45) is -0.884. The Balaban J connectivity index is 1.30. The van der Waals surface area contributed by atoms with Crippen LogP contribution in [0, 0.1) is 12.3 Å². The highest BCUT2D eigenvalue weighted by atomic mass is 32.2. The number of ether oxygens (including phenoxy) is 1. The number of nitrogens with zero attached hydrogens (tertiary/aromatic N) is 5. The minimum absolute atomic E-state index is 0.0662. The lowest BCUT2D eigenvalue weighted by Gasteiger charge is -2.43. The predicted octanol–water partition coefficient (Wildman–Crippen LogP) is 6.44. The fraction of sp³-hybridized carbons (Fsp3) is 0.412. The Bertz CT molecular complexity index is 1770. The zero-order valence-corrected chi connectivity index (χ0v) is 27.7. The Hall–Kier alpha value is -4.30. The van der Waals surface area contributed by atoms with Crippen molar-refractivity contribution in [1.82, 2.24) is 25.1 Å². The maximum absolute atomic E-state index is 14.9. The van der Waals surface area contributed by atoms with E-state index in [0.29, 0.717) is 43.9 Å². The molecule has 2 aromatic heterocycles. The van der Waals surface area contributed by atoms with Crippen molar-refractivity contribution in [3.05, 3.63) is 72.1 Å². The van der Waals surface area contributed by atoms with E-state index in [2.05, 4.69) is 20.4 Å². The smallest absolute Gasteiger partial charge is 0.429 e. The van der Waals surface area contributed by atoms with E-state index in [1.165, 1.54) is 16.8 Å². The third-order valence-corrected chi connectivity index (χ3v) is 10.2. The molecule has 1 spiro atoms. The highest BCUT2D eigenvalue weighted by molar-refractivity contribution is 7.98. The zero-order valence-electron chi connectivity index (χ0n) is 26.9. The molecule has 0 radical (unpaired) electrons. The average molecular weight is 682 g/mol. The molecule has 14 heteroatoms. The summed E-state index contributed by atoms with van der Waals surface area (Å²) in [5, 5.41) is 17.3. The fourth-order valence-electron chi connectivity index (χ4n) is 7.03. The van der Waals surface area contributed by atoms with E-state index in [-0.39, 0.29) is 34.5 Å². The molecule has 48 heavy (non-hydrogen) atoms. The van der Waals surface area contributed by atoms with Gasteiger partial charge in [0.2, 0.25) is 17.9 Å². The van der Waals surface area contributed by atoms with Crippen LogP contribution in [-0.4, -0.2) is 68.4 Å². The maximum Gasteiger partial charge on any atom is 0.429 e. The number of halogens is 3. The molecule has 2 aromatic carbocycles. The molecule has 4 aromatic rings. The highest BCUT2D eigenvalue weighted by Crippen LogP contribution is 2.46. The number of aryl methyl sites for hydroxylation is 1. The molecule has 2 fully saturated rings. The van der Waals surface area contributed by atoms with Gasteiger partial charge in [-0.3, -0.25) is 4.79 Å². The number of carboxylic acids is 1. The topological polar surface area (TPSA) is 131 Å². The van der Waals surface area contributed by atoms with Crippen molar-refractivity contribution in [2.24, 2.45) is 5.41 Å². The van der Waals surface area contributed by atoms with Crippen LogP contribution >= 0.6 is 11.8 Å². The second-order valence-electron chi connectivity index (χ2n) is 12.4. The van der Waals surface area contributed by atoms with Crippen LogP contribution in [0.1, 0.15) is 50.0 Å². The molecular weight excluding hydrogens is 643 g/mol. The van der Waals surface area contributed by atoms with Crippen LogP contribution in [0.2, 0.25) is 0 Å². The number of piperidine rings is 1. The van der Waals surface area contributed by atoms with Crippen LogP contribution in [-0.2, 0) is 4.79 Å². The molecule has 2 unspecified atom stereocenters. The van der Waals surface area contributed by atoms with Gasteiger partial charge in [0.1, 0.15) is 11.9 Å². The van der Waals surface area contributed by atoms with Gasteiger partial charge in [0, 0.05) is 41.9 Å². The molecule has 2 saturated heterocycles. The second kappa shape index (κ2) is 13.3. The number of hydrogen-bond acceptors (Lipinski definition) is 9. The molecule has 6 rings (SSSR count). The van der Waals surface area contributed by atoms with Crippen molar-refractivity contribution < 1.29 is 27.8 Å². The van der Waals surface area contributed by atoms with Crippen LogP contribution in [0.25, 0.3) is 16.8 Å². The predicted molar refractivity (Wildman–Crippen MR) is 179 cm³/mol. The number of anilines is 2. The number of hydrogen-bond donors (Lipinski definition) is 3. The first-order valence-corrected chi connectivity index (χ1v) is 17.0. The number of nitrogens with two attached hydrogens (primary N) is 1. The van der Waals surface area contributed by atoms with Gasteiger partial charge < -0.3 is 25.8 Å². The molecule has 2 aliphatic rings. The van der Waals surface area contributed by atoms with Gasteiger partial charge in [-0.2, -0.15) is 28.2 Å². The van der Waals surface area contributed by atoms with Gasteiger partial charge in [0.05, 0.1) is 11.4 Å². The van der Waals surface area contributed by atoms with Gasteiger partial charge in [-0.25, -0.2) is 4.68 Å². The maximum atomic E-state index is 14.9. The van der Waals surface area contributed by atoms with Crippen molar-refractivity contribution in [2.45, 2.75) is 68.8 Å². The third-order valence-electron chi connectivity index (χ3n) is 9.49. The van der Waals surface area contributed by atoms with Gasteiger partial charge in [-0.15, -0.1) is 11.8 Å². The van der Waals surface area contributed by atoms with E-state index >= 15 is 0 Å². The number of benzene rings is 2. The molecule has 0 aliphatic carbocycles. The van der Waals surface area contributed by atoms with Gasteiger partial charge in [0.15, 0.2) is 0 Å². The van der Waals surface area contributed by atoms with E-state index in [1.807, 2.05) is 42.3 Å². The lowest BCUT2D eigenvalue weighted by atomic mass is 9.71. The van der Waals surface area contributed by atoms with Crippen molar-refractivity contribution >= 4 is 29.5 Å². The normalized spacial score (nSPS) is 19.8. The Morgan fingerprint density at radius 3 is 2.44 bits per heavy atom. The average Bonchev–Trinajstić information content (AvgIpc) is 3.66. The molecule has 10 nitrogen and oxygen atoms in total. The summed E-state index contributed by atoms with van der Waals surface area (Å²) in [6, 6.07) is 15.1. The van der Waals surface area contributed by atoms with E-state index in [1.54, 1.807) is 43.1 Å². The van der Waals surface area contributed by atoms with Crippen molar-refractivity contribution in [3.63, 3.8) is 0 Å². The van der Waals surface area contributed by atoms with Crippen molar-refractivity contribution in [1.29, 1.82) is 0 Å². The quantitative estimate of drug-likeness (QED) is 0.170. The highest BCUT2D eigenvalue weighted by Gasteiger charge is 2.50. The molecule has 0 bridgehead atoms. The molecular formula is C34H38F3N7O3S. The molecule has 4 heterocycles. The number of aromatic nitrogens is 4. The summed E-state index contributed by atoms with van der Waals surface area (Å²) in [7, 11) is 0. The minimum atomic E-state index is -4.82. The number of rotatable bonds is 9. The molecule has 254 valence electrons. The Morgan fingerprint density at radius 1 is 1.12 bits per heavy atom. The Kier molecular flexibility index (Phi) is 9.31. The summed E-state index contributed by atoms with van der Waals surface area (Å²) in [5.74, 6) is -1.02. The molecule has 2 aliphatic heterocycles. The first-order chi connectivity index (χ1) is 22.9. The fourth-order valence-corrected chi connectivity index (χ4v) is 7.43. The van der Waals surface area contributed by atoms with E-state index in [9.17, 15) is 23.1 Å². The van der Waals surface area contributed by atoms with Crippen LogP contribution < -0.4 is 20.7 Å². The summed E-state index contributed by atoms with van der Waals surface area (Å²) in [6.45, 7) is 4.87. The number of nitrogens with one attached hydrogen (secondary N) is 1. The third kappa shape index (κ3) is 6.81. The molecule has 0 saturated carbocycles. The first kappa shape index (κ1) is 33.6. The van der Waals surface area contributed by atoms with Crippen molar-refractivity contribution in [3.8, 4) is 22.7 Å². The number of carboxylic acid groups (broad SMARTS) is 1. The van der Waals surface area contributed by atoms with Crippen LogP contribution in [0.4, 0.5) is 24.9 Å². The second-order valence-corrected chi connectivity index (χ2v) is 13.3. The van der Waals surface area contributed by atoms with Crippen molar-refractivity contribution in [2.75, 3.05) is 30.0 Å².